The van der Waals surface area contributed by atoms with Gasteiger partial charge in [0.25, 0.3) is 0 Å². The zero-order chi connectivity index (χ0) is 14.4. The molecular formula is C16H23ClN2O. The van der Waals surface area contributed by atoms with E-state index in [9.17, 15) is 4.79 Å². The first-order valence-corrected chi connectivity index (χ1v) is 7.75. The molecular weight excluding hydrogens is 272 g/mol. The maximum absolute atomic E-state index is 11.4. The maximum atomic E-state index is 11.4. The van der Waals surface area contributed by atoms with Crippen molar-refractivity contribution in [2.75, 3.05) is 32.7 Å². The summed E-state index contributed by atoms with van der Waals surface area (Å²) in [5, 5.41) is 0.797. The van der Waals surface area contributed by atoms with Crippen LogP contribution in [0.2, 0.25) is 5.02 Å². The van der Waals surface area contributed by atoms with E-state index in [0.717, 1.165) is 57.0 Å². The van der Waals surface area contributed by atoms with Crippen molar-refractivity contribution in [2.24, 2.45) is 0 Å². The third kappa shape index (κ3) is 4.80. The van der Waals surface area contributed by atoms with E-state index in [4.69, 9.17) is 11.6 Å². The van der Waals surface area contributed by atoms with Gasteiger partial charge in [0.05, 0.1) is 0 Å². The molecule has 0 aromatic heterocycles. The van der Waals surface area contributed by atoms with E-state index in [2.05, 4.69) is 17.0 Å². The average molecular weight is 295 g/mol. The Morgan fingerprint density at radius 3 is 2.60 bits per heavy atom. The highest BCUT2D eigenvalue weighted by molar-refractivity contribution is 6.30. The molecule has 0 spiro atoms. The summed E-state index contributed by atoms with van der Waals surface area (Å²) in [6.45, 7) is 6.65. The number of rotatable bonds is 4. The first-order valence-electron chi connectivity index (χ1n) is 7.37. The van der Waals surface area contributed by atoms with Crippen molar-refractivity contribution in [1.29, 1.82) is 0 Å². The zero-order valence-corrected chi connectivity index (χ0v) is 12.9. The fourth-order valence-electron chi connectivity index (χ4n) is 2.67. The molecule has 110 valence electrons. The minimum Gasteiger partial charge on any atom is -0.342 e. The number of amides is 1. The lowest BCUT2D eigenvalue weighted by Gasteiger charge is -2.21. The van der Waals surface area contributed by atoms with Crippen LogP contribution in [0.1, 0.15) is 25.3 Å². The number of halogens is 1. The molecule has 20 heavy (non-hydrogen) atoms. The van der Waals surface area contributed by atoms with Gasteiger partial charge in [0.1, 0.15) is 0 Å². The van der Waals surface area contributed by atoms with Crippen LogP contribution in [0, 0.1) is 0 Å². The Morgan fingerprint density at radius 2 is 1.90 bits per heavy atom. The maximum Gasteiger partial charge on any atom is 0.219 e. The monoisotopic (exact) mass is 294 g/mol. The number of aryl methyl sites for hydroxylation is 1. The number of hydrogen-bond acceptors (Lipinski definition) is 2. The van der Waals surface area contributed by atoms with E-state index in [0.29, 0.717) is 0 Å². The highest BCUT2D eigenvalue weighted by atomic mass is 35.5. The molecule has 1 amide bonds. The van der Waals surface area contributed by atoms with Crippen LogP contribution in [0.5, 0.6) is 0 Å². The van der Waals surface area contributed by atoms with Crippen LogP contribution in [-0.2, 0) is 11.2 Å². The van der Waals surface area contributed by atoms with Gasteiger partial charge in [-0.05, 0) is 50.0 Å². The summed E-state index contributed by atoms with van der Waals surface area (Å²) >= 11 is 5.88. The van der Waals surface area contributed by atoms with E-state index < -0.39 is 0 Å². The van der Waals surface area contributed by atoms with Crippen molar-refractivity contribution in [3.63, 3.8) is 0 Å². The van der Waals surface area contributed by atoms with E-state index in [1.54, 1.807) is 6.92 Å². The van der Waals surface area contributed by atoms with Crippen molar-refractivity contribution >= 4 is 17.5 Å². The normalized spacial score (nSPS) is 17.0. The molecule has 0 N–H and O–H groups in total. The summed E-state index contributed by atoms with van der Waals surface area (Å²) in [7, 11) is 0. The minimum atomic E-state index is 0.202. The summed E-state index contributed by atoms with van der Waals surface area (Å²) in [6.07, 6.45) is 3.33. The average Bonchev–Trinajstić information content (AvgIpc) is 2.67. The van der Waals surface area contributed by atoms with Gasteiger partial charge < -0.3 is 9.80 Å². The van der Waals surface area contributed by atoms with Gasteiger partial charge in [-0.1, -0.05) is 23.7 Å². The van der Waals surface area contributed by atoms with Crippen molar-refractivity contribution in [3.8, 4) is 0 Å². The molecule has 4 heteroatoms. The number of benzene rings is 1. The second-order valence-corrected chi connectivity index (χ2v) is 5.87. The van der Waals surface area contributed by atoms with Gasteiger partial charge in [-0.3, -0.25) is 4.79 Å². The molecule has 2 rings (SSSR count). The number of nitrogens with zero attached hydrogens (tertiary/aromatic N) is 2. The molecule has 1 aromatic carbocycles. The fraction of sp³-hybridized carbons (Fsp3) is 0.562. The van der Waals surface area contributed by atoms with Crippen LogP contribution in [0.15, 0.2) is 24.3 Å². The van der Waals surface area contributed by atoms with Crippen LogP contribution >= 0.6 is 11.6 Å². The van der Waals surface area contributed by atoms with Gasteiger partial charge in [-0.25, -0.2) is 0 Å². The first kappa shape index (κ1) is 15.3. The lowest BCUT2D eigenvalue weighted by atomic mass is 10.1. The third-order valence-corrected chi connectivity index (χ3v) is 4.14. The quantitative estimate of drug-likeness (QED) is 0.852. The van der Waals surface area contributed by atoms with Gasteiger partial charge in [0, 0.05) is 31.6 Å². The minimum absolute atomic E-state index is 0.202. The van der Waals surface area contributed by atoms with Crippen LogP contribution < -0.4 is 0 Å². The Morgan fingerprint density at radius 1 is 1.15 bits per heavy atom. The van der Waals surface area contributed by atoms with E-state index in [-0.39, 0.29) is 5.91 Å². The highest BCUT2D eigenvalue weighted by Gasteiger charge is 2.15. The summed E-state index contributed by atoms with van der Waals surface area (Å²) in [5.74, 6) is 0.202. The fourth-order valence-corrected chi connectivity index (χ4v) is 2.79. The molecule has 0 atom stereocenters. The third-order valence-electron chi connectivity index (χ3n) is 3.89. The number of carbonyl (C=O) groups is 1. The largest absolute Gasteiger partial charge is 0.342 e. The Bertz CT molecular complexity index is 433. The molecule has 0 radical (unpaired) electrons. The molecule has 0 bridgehead atoms. The van der Waals surface area contributed by atoms with Crippen molar-refractivity contribution < 1.29 is 4.79 Å². The van der Waals surface area contributed by atoms with Crippen molar-refractivity contribution in [1.82, 2.24) is 9.80 Å². The van der Waals surface area contributed by atoms with Gasteiger partial charge in [0.2, 0.25) is 5.91 Å². The molecule has 1 fully saturated rings. The number of carbonyl (C=O) groups excluding carboxylic acids is 1. The van der Waals surface area contributed by atoms with Gasteiger partial charge in [-0.2, -0.15) is 0 Å². The summed E-state index contributed by atoms with van der Waals surface area (Å²) in [6, 6.07) is 8.10. The first-order chi connectivity index (χ1) is 9.65. The van der Waals surface area contributed by atoms with Crippen molar-refractivity contribution in [2.45, 2.75) is 26.2 Å². The molecule has 1 heterocycles. The molecule has 1 aliphatic rings. The molecule has 0 unspecified atom stereocenters. The molecule has 0 aliphatic carbocycles. The summed E-state index contributed by atoms with van der Waals surface area (Å²) in [4.78, 5) is 15.8. The highest BCUT2D eigenvalue weighted by Crippen LogP contribution is 2.11. The van der Waals surface area contributed by atoms with Gasteiger partial charge >= 0.3 is 0 Å². The second-order valence-electron chi connectivity index (χ2n) is 5.43. The summed E-state index contributed by atoms with van der Waals surface area (Å²) in [5.41, 5.74) is 1.34. The Hall–Kier alpha value is -1.06. The molecule has 1 saturated heterocycles. The van der Waals surface area contributed by atoms with Crippen molar-refractivity contribution in [3.05, 3.63) is 34.9 Å². The lowest BCUT2D eigenvalue weighted by molar-refractivity contribution is -0.128. The standard InChI is InChI=1S/C16H23ClN2O/c1-14(20)19-11-3-10-18(12-13-19)9-2-4-15-5-7-16(17)8-6-15/h5-8H,2-4,9-13H2,1H3. The van der Waals surface area contributed by atoms with Gasteiger partial charge in [0.15, 0.2) is 0 Å². The smallest absolute Gasteiger partial charge is 0.219 e. The lowest BCUT2D eigenvalue weighted by Crippen LogP contribution is -2.34. The predicted molar refractivity (Wildman–Crippen MR) is 83.1 cm³/mol. The van der Waals surface area contributed by atoms with Crippen LogP contribution in [0.25, 0.3) is 0 Å². The molecule has 1 aliphatic heterocycles. The molecule has 0 saturated carbocycles. The van der Waals surface area contributed by atoms with Crippen LogP contribution in [0.3, 0.4) is 0 Å². The van der Waals surface area contributed by atoms with Crippen LogP contribution in [0.4, 0.5) is 0 Å². The molecule has 1 aromatic rings. The molecule has 3 nitrogen and oxygen atoms in total. The van der Waals surface area contributed by atoms with E-state index >= 15 is 0 Å². The van der Waals surface area contributed by atoms with Crippen LogP contribution in [-0.4, -0.2) is 48.4 Å². The Balaban J connectivity index is 1.71. The Labute approximate surface area is 126 Å². The van der Waals surface area contributed by atoms with E-state index in [1.807, 2.05) is 17.0 Å². The SMILES string of the molecule is CC(=O)N1CCCN(CCCc2ccc(Cl)cc2)CC1. The van der Waals surface area contributed by atoms with E-state index in [1.165, 1.54) is 5.56 Å². The topological polar surface area (TPSA) is 23.6 Å². The number of hydrogen-bond donors (Lipinski definition) is 0. The zero-order valence-electron chi connectivity index (χ0n) is 12.1. The Kier molecular flexibility index (Phi) is 5.86. The predicted octanol–water partition coefficient (Wildman–Crippen LogP) is 2.83. The second kappa shape index (κ2) is 7.65. The summed E-state index contributed by atoms with van der Waals surface area (Å²) < 4.78 is 0. The van der Waals surface area contributed by atoms with Gasteiger partial charge in [-0.15, -0.1) is 0 Å².